The van der Waals surface area contributed by atoms with Crippen LogP contribution in [0.4, 0.5) is 15.3 Å². The Morgan fingerprint density at radius 1 is 1.32 bits per heavy atom. The summed E-state index contributed by atoms with van der Waals surface area (Å²) in [5.74, 6) is 0.933. The lowest BCUT2D eigenvalue weighted by Crippen LogP contribution is -2.03. The van der Waals surface area contributed by atoms with Crippen molar-refractivity contribution in [2.24, 2.45) is 0 Å². The monoisotopic (exact) mass is 425 g/mol. The number of halogens is 2. The summed E-state index contributed by atoms with van der Waals surface area (Å²) < 4.78 is 19.5. The van der Waals surface area contributed by atoms with E-state index in [1.165, 1.54) is 35.6 Å². The van der Waals surface area contributed by atoms with Crippen molar-refractivity contribution in [3.63, 3.8) is 0 Å². The molecule has 3 rings (SSSR count). The topological polar surface area (TPSA) is 87.5 Å². The van der Waals surface area contributed by atoms with E-state index in [1.54, 1.807) is 17.6 Å². The lowest BCUT2D eigenvalue weighted by Gasteiger charge is -2.11. The third kappa shape index (κ3) is 4.51. The molecule has 0 aliphatic rings. The first kappa shape index (κ1) is 17.7. The number of rotatable bonds is 6. The van der Waals surface area contributed by atoms with Gasteiger partial charge in [-0.1, -0.05) is 0 Å². The van der Waals surface area contributed by atoms with Crippen LogP contribution < -0.4 is 10.1 Å². The molecule has 0 aliphatic carbocycles. The van der Waals surface area contributed by atoms with Gasteiger partial charge in [-0.05, 0) is 40.2 Å². The normalized spacial score (nSPS) is 12.0. The SMILES string of the molecule is OC[C@@H](O)c1csc(Nc2ncc(Br)cc2Oc2ccc(F)cc2)n1. The fraction of sp³-hybridized carbons (Fsp3) is 0.125. The van der Waals surface area contributed by atoms with Gasteiger partial charge in [-0.25, -0.2) is 14.4 Å². The van der Waals surface area contributed by atoms with Crippen molar-refractivity contribution in [3.05, 3.63) is 57.9 Å². The van der Waals surface area contributed by atoms with E-state index in [-0.39, 0.29) is 5.82 Å². The average molecular weight is 426 g/mol. The Hall–Kier alpha value is -2.07. The van der Waals surface area contributed by atoms with Crippen LogP contribution in [0.15, 0.2) is 46.4 Å². The van der Waals surface area contributed by atoms with E-state index in [9.17, 15) is 9.50 Å². The summed E-state index contributed by atoms with van der Waals surface area (Å²) in [6.07, 6.45) is 0.566. The summed E-state index contributed by atoms with van der Waals surface area (Å²) in [4.78, 5) is 8.46. The van der Waals surface area contributed by atoms with Crippen LogP contribution in [0.2, 0.25) is 0 Å². The van der Waals surface area contributed by atoms with Gasteiger partial charge in [0.2, 0.25) is 0 Å². The average Bonchev–Trinajstić information content (AvgIpc) is 3.07. The lowest BCUT2D eigenvalue weighted by molar-refractivity contribution is 0.0928. The highest BCUT2D eigenvalue weighted by atomic mass is 79.9. The number of hydrogen-bond donors (Lipinski definition) is 3. The van der Waals surface area contributed by atoms with Gasteiger partial charge in [0.05, 0.1) is 12.3 Å². The number of hydrogen-bond acceptors (Lipinski definition) is 7. The van der Waals surface area contributed by atoms with E-state index in [1.807, 2.05) is 0 Å². The molecule has 0 unspecified atom stereocenters. The van der Waals surface area contributed by atoms with Crippen LogP contribution in [0.25, 0.3) is 0 Å². The van der Waals surface area contributed by atoms with Crippen LogP contribution >= 0.6 is 27.3 Å². The van der Waals surface area contributed by atoms with Gasteiger partial charge in [0, 0.05) is 22.1 Å². The Morgan fingerprint density at radius 3 is 2.80 bits per heavy atom. The maximum Gasteiger partial charge on any atom is 0.188 e. The van der Waals surface area contributed by atoms with Crippen molar-refractivity contribution in [2.45, 2.75) is 6.10 Å². The van der Waals surface area contributed by atoms with Crippen molar-refractivity contribution in [1.82, 2.24) is 9.97 Å². The molecule has 25 heavy (non-hydrogen) atoms. The molecule has 0 bridgehead atoms. The van der Waals surface area contributed by atoms with Gasteiger partial charge in [-0.15, -0.1) is 11.3 Å². The van der Waals surface area contributed by atoms with Crippen LogP contribution in [-0.2, 0) is 0 Å². The largest absolute Gasteiger partial charge is 0.453 e. The number of anilines is 2. The highest BCUT2D eigenvalue weighted by molar-refractivity contribution is 9.10. The first-order valence-electron chi connectivity index (χ1n) is 7.15. The molecule has 0 amide bonds. The molecule has 9 heteroatoms. The molecule has 0 saturated heterocycles. The molecule has 0 saturated carbocycles. The van der Waals surface area contributed by atoms with E-state index in [0.717, 1.165) is 0 Å². The second-order valence-electron chi connectivity index (χ2n) is 4.96. The van der Waals surface area contributed by atoms with Gasteiger partial charge in [-0.3, -0.25) is 0 Å². The van der Waals surface area contributed by atoms with Gasteiger partial charge in [0.25, 0.3) is 0 Å². The number of ether oxygens (including phenoxy) is 1. The molecule has 6 nitrogen and oxygen atoms in total. The fourth-order valence-electron chi connectivity index (χ4n) is 1.91. The number of aliphatic hydroxyl groups excluding tert-OH is 2. The number of benzene rings is 1. The first-order chi connectivity index (χ1) is 12.0. The predicted molar refractivity (Wildman–Crippen MR) is 95.9 cm³/mol. The zero-order chi connectivity index (χ0) is 17.8. The summed E-state index contributed by atoms with van der Waals surface area (Å²) in [7, 11) is 0. The summed E-state index contributed by atoms with van der Waals surface area (Å²) in [6.45, 7) is -0.404. The molecule has 1 aromatic carbocycles. The Morgan fingerprint density at radius 2 is 2.08 bits per heavy atom. The Bertz CT molecular complexity index is 860. The molecular formula is C16H13BrFN3O3S. The van der Waals surface area contributed by atoms with Gasteiger partial charge in [0.15, 0.2) is 16.7 Å². The second-order valence-corrected chi connectivity index (χ2v) is 6.73. The molecule has 130 valence electrons. The van der Waals surface area contributed by atoms with Crippen molar-refractivity contribution >= 4 is 38.2 Å². The Kier molecular flexibility index (Phi) is 5.59. The number of nitrogens with zero attached hydrogens (tertiary/aromatic N) is 2. The molecule has 2 heterocycles. The smallest absolute Gasteiger partial charge is 0.188 e. The summed E-state index contributed by atoms with van der Waals surface area (Å²) in [6, 6.07) is 7.35. The Balaban J connectivity index is 1.83. The highest BCUT2D eigenvalue weighted by Crippen LogP contribution is 2.33. The summed E-state index contributed by atoms with van der Waals surface area (Å²) >= 11 is 4.59. The summed E-state index contributed by atoms with van der Waals surface area (Å²) in [5, 5.41) is 23.7. The fourth-order valence-corrected chi connectivity index (χ4v) is 2.98. The summed E-state index contributed by atoms with van der Waals surface area (Å²) in [5.41, 5.74) is 0.369. The predicted octanol–water partition coefficient (Wildman–Crippen LogP) is 4.00. The number of aromatic nitrogens is 2. The molecule has 0 radical (unpaired) electrons. The van der Waals surface area contributed by atoms with E-state index in [2.05, 4.69) is 31.2 Å². The van der Waals surface area contributed by atoms with Gasteiger partial charge in [0.1, 0.15) is 17.7 Å². The van der Waals surface area contributed by atoms with Gasteiger partial charge >= 0.3 is 0 Å². The van der Waals surface area contributed by atoms with E-state index < -0.39 is 12.7 Å². The molecule has 2 aromatic heterocycles. The standard InChI is InChI=1S/C16H13BrFN3O3S/c17-9-5-14(24-11-3-1-10(18)2-4-11)15(19-6-9)21-16-20-12(8-25-16)13(23)7-22/h1-6,8,13,22-23H,7H2,(H,19,20,21)/t13-/m1/s1. The molecule has 0 fully saturated rings. The first-order valence-corrected chi connectivity index (χ1v) is 8.83. The lowest BCUT2D eigenvalue weighted by atomic mass is 10.3. The number of pyridine rings is 1. The van der Waals surface area contributed by atoms with E-state index in [0.29, 0.717) is 32.6 Å². The molecule has 0 spiro atoms. The second kappa shape index (κ2) is 7.87. The van der Waals surface area contributed by atoms with Crippen LogP contribution in [0.3, 0.4) is 0 Å². The molecule has 3 N–H and O–H groups in total. The molecular weight excluding hydrogens is 413 g/mol. The van der Waals surface area contributed by atoms with Crippen LogP contribution in [0, 0.1) is 5.82 Å². The van der Waals surface area contributed by atoms with Gasteiger partial charge in [-0.2, -0.15) is 0 Å². The zero-order valence-electron chi connectivity index (χ0n) is 12.7. The molecule has 0 aliphatic heterocycles. The quantitative estimate of drug-likeness (QED) is 0.553. The van der Waals surface area contributed by atoms with Crippen molar-refractivity contribution < 1.29 is 19.3 Å². The van der Waals surface area contributed by atoms with Crippen molar-refractivity contribution in [2.75, 3.05) is 11.9 Å². The van der Waals surface area contributed by atoms with Gasteiger partial charge < -0.3 is 20.3 Å². The van der Waals surface area contributed by atoms with Crippen LogP contribution in [-0.4, -0.2) is 26.8 Å². The van der Waals surface area contributed by atoms with Crippen molar-refractivity contribution in [1.29, 1.82) is 0 Å². The Labute approximate surface area is 155 Å². The number of nitrogens with one attached hydrogen (secondary N) is 1. The minimum Gasteiger partial charge on any atom is -0.453 e. The number of thiazole rings is 1. The zero-order valence-corrected chi connectivity index (χ0v) is 15.1. The molecule has 3 aromatic rings. The van der Waals surface area contributed by atoms with Crippen molar-refractivity contribution in [3.8, 4) is 11.5 Å². The van der Waals surface area contributed by atoms with E-state index in [4.69, 9.17) is 9.84 Å². The minimum absolute atomic E-state index is 0.351. The maximum absolute atomic E-state index is 13.0. The third-order valence-electron chi connectivity index (χ3n) is 3.12. The minimum atomic E-state index is -1.03. The van der Waals surface area contributed by atoms with E-state index >= 15 is 0 Å². The number of aliphatic hydroxyl groups is 2. The molecule has 1 atom stereocenters. The maximum atomic E-state index is 13.0. The third-order valence-corrected chi connectivity index (χ3v) is 4.33. The van der Waals surface area contributed by atoms with Crippen LogP contribution in [0.5, 0.6) is 11.5 Å². The highest BCUT2D eigenvalue weighted by Gasteiger charge is 2.14. The van der Waals surface area contributed by atoms with Crippen LogP contribution in [0.1, 0.15) is 11.8 Å².